The zero-order valence-corrected chi connectivity index (χ0v) is 16.5. The van der Waals surface area contributed by atoms with Crippen molar-refractivity contribution in [2.75, 3.05) is 14.2 Å². The zero-order valence-electron chi connectivity index (χ0n) is 15.0. The maximum atomic E-state index is 12.9. The predicted octanol–water partition coefficient (Wildman–Crippen LogP) is 2.85. The summed E-state index contributed by atoms with van der Waals surface area (Å²) >= 11 is 3.44. The van der Waals surface area contributed by atoms with Crippen molar-refractivity contribution in [1.29, 1.82) is 0 Å². The minimum absolute atomic E-state index is 0.162. The molecule has 6 rings (SSSR count). The Bertz CT molecular complexity index is 875. The molecule has 6 nitrogen and oxygen atoms in total. The molecule has 0 unspecified atom stereocenters. The number of amides is 2. The largest absolute Gasteiger partial charge is 0.493 e. The third-order valence-electron chi connectivity index (χ3n) is 6.42. The van der Waals surface area contributed by atoms with Gasteiger partial charge in [0.25, 0.3) is 11.8 Å². The minimum Gasteiger partial charge on any atom is -0.493 e. The second kappa shape index (κ2) is 5.92. The summed E-state index contributed by atoms with van der Waals surface area (Å²) in [7, 11) is 3.12. The highest BCUT2D eigenvalue weighted by molar-refractivity contribution is 9.10. The third kappa shape index (κ3) is 2.33. The lowest BCUT2D eigenvalue weighted by Gasteiger charge is -2.37. The lowest BCUT2D eigenvalue weighted by molar-refractivity contribution is -0.140. The molecule has 1 aromatic rings. The van der Waals surface area contributed by atoms with Gasteiger partial charge in [-0.05, 0) is 63.7 Å². The van der Waals surface area contributed by atoms with Crippen molar-refractivity contribution in [2.24, 2.45) is 40.6 Å². The number of hydrazone groups is 1. The molecule has 27 heavy (non-hydrogen) atoms. The van der Waals surface area contributed by atoms with Crippen molar-refractivity contribution >= 4 is 34.0 Å². The molecule has 7 heteroatoms. The summed E-state index contributed by atoms with van der Waals surface area (Å²) in [6, 6.07) is 3.56. The summed E-state index contributed by atoms with van der Waals surface area (Å²) in [6.45, 7) is 0. The van der Waals surface area contributed by atoms with E-state index in [1.807, 2.05) is 6.07 Å². The molecule has 0 spiro atoms. The number of nitrogens with zero attached hydrogens (tertiary/aromatic N) is 2. The van der Waals surface area contributed by atoms with Gasteiger partial charge in [0, 0.05) is 0 Å². The molecule has 5 aliphatic rings. The van der Waals surface area contributed by atoms with Crippen LogP contribution in [0.3, 0.4) is 0 Å². The van der Waals surface area contributed by atoms with Crippen LogP contribution in [0.5, 0.6) is 11.5 Å². The Balaban J connectivity index is 1.43. The molecule has 1 saturated heterocycles. The molecule has 2 bridgehead atoms. The van der Waals surface area contributed by atoms with Crippen molar-refractivity contribution in [3.05, 3.63) is 34.3 Å². The molecule has 1 aromatic carbocycles. The van der Waals surface area contributed by atoms with Crippen molar-refractivity contribution in [3.8, 4) is 11.5 Å². The quantitative estimate of drug-likeness (QED) is 0.418. The van der Waals surface area contributed by atoms with Crippen molar-refractivity contribution in [2.45, 2.75) is 6.42 Å². The van der Waals surface area contributed by atoms with E-state index >= 15 is 0 Å². The summed E-state index contributed by atoms with van der Waals surface area (Å²) in [5.41, 5.74) is 0.707. The molecule has 140 valence electrons. The summed E-state index contributed by atoms with van der Waals surface area (Å²) in [6.07, 6.45) is 6.99. The number of rotatable bonds is 4. The molecule has 0 aromatic heterocycles. The fraction of sp³-hybridized carbons (Fsp3) is 0.450. The van der Waals surface area contributed by atoms with E-state index in [4.69, 9.17) is 9.47 Å². The first-order valence-corrected chi connectivity index (χ1v) is 9.86. The van der Waals surface area contributed by atoms with E-state index in [9.17, 15) is 9.59 Å². The Kier molecular flexibility index (Phi) is 3.73. The fourth-order valence-corrected chi connectivity index (χ4v) is 5.81. The van der Waals surface area contributed by atoms with Gasteiger partial charge in [-0.2, -0.15) is 10.1 Å². The van der Waals surface area contributed by atoms with Gasteiger partial charge in [0.15, 0.2) is 11.5 Å². The lowest BCUT2D eigenvalue weighted by atomic mass is 9.63. The molecular formula is C20H19BrN2O4. The van der Waals surface area contributed by atoms with Gasteiger partial charge in [0.2, 0.25) is 0 Å². The Morgan fingerprint density at radius 3 is 2.26 bits per heavy atom. The number of hydrogen-bond donors (Lipinski definition) is 0. The van der Waals surface area contributed by atoms with Crippen LogP contribution in [0.4, 0.5) is 0 Å². The topological polar surface area (TPSA) is 68.2 Å². The normalized spacial score (nSPS) is 35.6. The molecule has 2 saturated carbocycles. The van der Waals surface area contributed by atoms with Crippen LogP contribution in [0.1, 0.15) is 12.0 Å². The average molecular weight is 431 g/mol. The number of benzene rings is 1. The van der Waals surface area contributed by atoms with E-state index in [-0.39, 0.29) is 35.5 Å². The van der Waals surface area contributed by atoms with E-state index < -0.39 is 0 Å². The van der Waals surface area contributed by atoms with Crippen LogP contribution >= 0.6 is 15.9 Å². The third-order valence-corrected chi connectivity index (χ3v) is 7.01. The first kappa shape index (κ1) is 17.0. The number of carbonyl (C=O) groups is 2. The first-order chi connectivity index (χ1) is 13.0. The zero-order chi connectivity index (χ0) is 18.9. The highest BCUT2D eigenvalue weighted by Gasteiger charge is 2.67. The molecule has 0 radical (unpaired) electrons. The van der Waals surface area contributed by atoms with Gasteiger partial charge in [0.1, 0.15) is 0 Å². The second-order valence-electron chi connectivity index (χ2n) is 7.63. The van der Waals surface area contributed by atoms with Crippen molar-refractivity contribution < 1.29 is 19.1 Å². The van der Waals surface area contributed by atoms with Crippen LogP contribution in [-0.2, 0) is 9.59 Å². The maximum Gasteiger partial charge on any atom is 0.254 e. The number of allylic oxidation sites excluding steroid dienone is 2. The van der Waals surface area contributed by atoms with Gasteiger partial charge in [-0.3, -0.25) is 9.59 Å². The Morgan fingerprint density at radius 2 is 1.70 bits per heavy atom. The second-order valence-corrected chi connectivity index (χ2v) is 8.48. The number of carbonyl (C=O) groups excluding carboxylic acids is 2. The molecule has 6 atom stereocenters. The number of imide groups is 1. The first-order valence-electron chi connectivity index (χ1n) is 9.06. The van der Waals surface area contributed by atoms with E-state index in [2.05, 4.69) is 33.2 Å². The van der Waals surface area contributed by atoms with E-state index in [1.165, 1.54) is 6.21 Å². The smallest absolute Gasteiger partial charge is 0.254 e. The van der Waals surface area contributed by atoms with Crippen LogP contribution < -0.4 is 9.47 Å². The monoisotopic (exact) mass is 430 g/mol. The fourth-order valence-electron chi connectivity index (χ4n) is 5.19. The van der Waals surface area contributed by atoms with Gasteiger partial charge < -0.3 is 9.47 Å². The van der Waals surface area contributed by atoms with Crippen LogP contribution in [0, 0.1) is 35.5 Å². The summed E-state index contributed by atoms with van der Waals surface area (Å²) in [5, 5.41) is 5.33. The molecule has 3 fully saturated rings. The van der Waals surface area contributed by atoms with Crippen LogP contribution in [0.15, 0.2) is 33.9 Å². The molecule has 4 aliphatic carbocycles. The van der Waals surface area contributed by atoms with Gasteiger partial charge in [0.05, 0.1) is 36.7 Å². The number of halogens is 1. The van der Waals surface area contributed by atoms with E-state index in [0.29, 0.717) is 33.4 Å². The summed E-state index contributed by atoms with van der Waals surface area (Å²) < 4.78 is 11.3. The van der Waals surface area contributed by atoms with E-state index in [1.54, 1.807) is 20.3 Å². The van der Waals surface area contributed by atoms with Gasteiger partial charge in [-0.25, -0.2) is 0 Å². The molecule has 2 amide bonds. The molecule has 1 heterocycles. The summed E-state index contributed by atoms with van der Waals surface area (Å²) in [4.78, 5) is 25.8. The van der Waals surface area contributed by atoms with Crippen LogP contribution in [0.25, 0.3) is 0 Å². The van der Waals surface area contributed by atoms with Crippen LogP contribution in [-0.4, -0.2) is 37.3 Å². The number of hydrogen-bond acceptors (Lipinski definition) is 5. The van der Waals surface area contributed by atoms with Crippen molar-refractivity contribution in [3.63, 3.8) is 0 Å². The lowest BCUT2D eigenvalue weighted by Crippen LogP contribution is -2.40. The van der Waals surface area contributed by atoms with Gasteiger partial charge in [-0.1, -0.05) is 12.2 Å². The standard InChI is InChI=1S/C20H19BrN2O4/c1-26-15-6-9(5-14(21)18(15)27-2)8-22-23-19(24)16-10-3-4-11(13-7-12(10)13)17(16)20(23)25/h3-6,8,10-13,16-17H,7H2,1-2H3/b22-8-/t10-,11-,12-,13+,16+,17+/m0/s1. The maximum absolute atomic E-state index is 12.9. The predicted molar refractivity (Wildman–Crippen MR) is 101 cm³/mol. The molecule has 1 aliphatic heterocycles. The average Bonchev–Trinajstić information content (AvgIpc) is 3.45. The number of ether oxygens (including phenoxy) is 2. The van der Waals surface area contributed by atoms with Crippen molar-refractivity contribution in [1.82, 2.24) is 5.01 Å². The molecular weight excluding hydrogens is 412 g/mol. The molecule has 0 N–H and O–H groups in total. The van der Waals surface area contributed by atoms with Gasteiger partial charge in [-0.15, -0.1) is 0 Å². The number of methoxy groups -OCH3 is 2. The minimum atomic E-state index is -0.231. The van der Waals surface area contributed by atoms with Crippen LogP contribution in [0.2, 0.25) is 0 Å². The Hall–Kier alpha value is -2.15. The Morgan fingerprint density at radius 1 is 1.07 bits per heavy atom. The Labute approximate surface area is 165 Å². The van der Waals surface area contributed by atoms with Gasteiger partial charge >= 0.3 is 0 Å². The highest BCUT2D eigenvalue weighted by atomic mass is 79.9. The van der Waals surface area contributed by atoms with E-state index in [0.717, 1.165) is 11.4 Å². The summed E-state index contributed by atoms with van der Waals surface area (Å²) in [5.74, 6) is 1.92. The SMILES string of the molecule is COc1cc(/C=N\N2C(=O)[C@@H]3[C@H]4C=C[C@@H]([C@@H]5C[C@H]45)[C@H]3C2=O)cc(Br)c1OC. The highest BCUT2D eigenvalue weighted by Crippen LogP contribution is 2.65.